The minimum Gasteiger partial charge on any atom is -0.452 e. The topological polar surface area (TPSA) is 46.6 Å². The molecule has 0 saturated heterocycles. The van der Waals surface area contributed by atoms with E-state index in [1.165, 1.54) is 0 Å². The molecular formula is C19H16ClF2NO3S. The molecule has 1 aliphatic heterocycles. The molecule has 8 heteroatoms. The molecule has 0 fully saturated rings. The molecule has 0 spiro atoms. The van der Waals surface area contributed by atoms with E-state index in [1.54, 1.807) is 16.7 Å². The number of rotatable bonds is 3. The van der Waals surface area contributed by atoms with Gasteiger partial charge < -0.3 is 9.64 Å². The first-order valence-corrected chi connectivity index (χ1v) is 9.50. The maximum atomic E-state index is 13.3. The summed E-state index contributed by atoms with van der Waals surface area (Å²) in [6.07, 6.45) is 0.786. The summed E-state index contributed by atoms with van der Waals surface area (Å²) >= 11 is 7.44. The lowest BCUT2D eigenvalue weighted by Crippen LogP contribution is -2.35. The highest BCUT2D eigenvalue weighted by atomic mass is 35.5. The minimum atomic E-state index is -1.22. The van der Waals surface area contributed by atoms with Crippen molar-refractivity contribution in [3.63, 3.8) is 0 Å². The second-order valence-electron chi connectivity index (χ2n) is 6.05. The van der Waals surface area contributed by atoms with Crippen molar-refractivity contribution in [2.75, 3.05) is 18.1 Å². The first-order valence-electron chi connectivity index (χ1n) is 8.24. The summed E-state index contributed by atoms with van der Waals surface area (Å²) in [6, 6.07) is 8.87. The second kappa shape index (κ2) is 8.27. The number of fused-ring (bicyclic) bond motifs is 1. The first kappa shape index (κ1) is 19.6. The van der Waals surface area contributed by atoms with E-state index in [0.29, 0.717) is 23.9 Å². The van der Waals surface area contributed by atoms with E-state index in [0.717, 1.165) is 17.0 Å². The van der Waals surface area contributed by atoms with E-state index in [-0.39, 0.29) is 10.6 Å². The molecule has 4 nitrogen and oxygen atoms in total. The highest BCUT2D eigenvalue weighted by Crippen LogP contribution is 2.37. The molecule has 0 N–H and O–H groups in total. The molecule has 2 aromatic rings. The predicted molar refractivity (Wildman–Crippen MR) is 100 cm³/mol. The van der Waals surface area contributed by atoms with Crippen LogP contribution in [0.1, 0.15) is 23.7 Å². The summed E-state index contributed by atoms with van der Waals surface area (Å²) in [4.78, 5) is 27.3. The van der Waals surface area contributed by atoms with Gasteiger partial charge in [0.15, 0.2) is 18.2 Å². The molecule has 0 saturated carbocycles. The van der Waals surface area contributed by atoms with Gasteiger partial charge in [0.2, 0.25) is 0 Å². The predicted octanol–water partition coefficient (Wildman–Crippen LogP) is 4.69. The summed E-state index contributed by atoms with van der Waals surface area (Å²) in [5.74, 6) is -3.77. The molecule has 1 unspecified atom stereocenters. The number of esters is 1. The molecule has 0 radical (unpaired) electrons. The summed E-state index contributed by atoms with van der Waals surface area (Å²) in [5, 5.41) is 0.0594. The van der Waals surface area contributed by atoms with Crippen molar-refractivity contribution in [1.29, 1.82) is 0 Å². The van der Waals surface area contributed by atoms with Crippen LogP contribution in [-0.2, 0) is 9.53 Å². The van der Waals surface area contributed by atoms with Crippen molar-refractivity contribution in [2.45, 2.75) is 23.5 Å². The average molecular weight is 412 g/mol. The molecule has 0 aromatic heterocycles. The summed E-state index contributed by atoms with van der Waals surface area (Å²) in [5.41, 5.74) is 0.433. The van der Waals surface area contributed by atoms with Crippen molar-refractivity contribution >= 4 is 40.9 Å². The normalized spacial score (nSPS) is 16.4. The van der Waals surface area contributed by atoms with Gasteiger partial charge in [-0.25, -0.2) is 13.6 Å². The van der Waals surface area contributed by atoms with Crippen molar-refractivity contribution in [1.82, 2.24) is 0 Å². The second-order valence-corrected chi connectivity index (χ2v) is 7.94. The number of para-hydroxylation sites is 1. The van der Waals surface area contributed by atoms with Gasteiger partial charge in [0.05, 0.1) is 16.3 Å². The lowest BCUT2D eigenvalue weighted by Gasteiger charge is -2.22. The molecule has 142 valence electrons. The van der Waals surface area contributed by atoms with Crippen LogP contribution in [-0.4, -0.2) is 30.3 Å². The van der Waals surface area contributed by atoms with Crippen molar-refractivity contribution in [3.05, 3.63) is 58.6 Å². The molecule has 2 aromatic carbocycles. The fourth-order valence-corrected chi connectivity index (χ4v) is 4.05. The van der Waals surface area contributed by atoms with Crippen LogP contribution in [0.25, 0.3) is 0 Å². The maximum absolute atomic E-state index is 13.3. The van der Waals surface area contributed by atoms with E-state index < -0.39 is 30.1 Å². The number of ether oxygens (including phenoxy) is 1. The summed E-state index contributed by atoms with van der Waals surface area (Å²) in [6.45, 7) is 2.05. The first-order chi connectivity index (χ1) is 12.9. The van der Waals surface area contributed by atoms with Gasteiger partial charge in [-0.15, -0.1) is 11.8 Å². The van der Waals surface area contributed by atoms with Crippen LogP contribution in [0.5, 0.6) is 0 Å². The minimum absolute atomic E-state index is 0.281. The Morgan fingerprint density at radius 1 is 1.26 bits per heavy atom. The number of halogens is 3. The number of hydrogen-bond acceptors (Lipinski definition) is 4. The summed E-state index contributed by atoms with van der Waals surface area (Å²) < 4.78 is 31.4. The van der Waals surface area contributed by atoms with Gasteiger partial charge in [-0.3, -0.25) is 4.79 Å². The average Bonchev–Trinajstić information content (AvgIpc) is 2.80. The number of nitrogens with zero attached hydrogens (tertiary/aromatic N) is 1. The van der Waals surface area contributed by atoms with Gasteiger partial charge in [-0.1, -0.05) is 30.7 Å². The molecular weight excluding hydrogens is 396 g/mol. The Bertz CT molecular complexity index is 893. The van der Waals surface area contributed by atoms with Crippen LogP contribution < -0.4 is 4.90 Å². The van der Waals surface area contributed by atoms with Crippen LogP contribution in [0.3, 0.4) is 0 Å². The van der Waals surface area contributed by atoms with Crippen molar-refractivity contribution in [2.24, 2.45) is 0 Å². The third kappa shape index (κ3) is 4.42. The Morgan fingerprint density at radius 3 is 2.74 bits per heavy atom. The van der Waals surface area contributed by atoms with E-state index >= 15 is 0 Å². The Labute approximate surface area is 164 Å². The van der Waals surface area contributed by atoms with E-state index in [4.69, 9.17) is 16.3 Å². The van der Waals surface area contributed by atoms with Crippen molar-refractivity contribution in [3.8, 4) is 0 Å². The van der Waals surface area contributed by atoms with Gasteiger partial charge in [-0.05, 0) is 30.7 Å². The monoisotopic (exact) mass is 411 g/mol. The van der Waals surface area contributed by atoms with Crippen LogP contribution in [0.2, 0.25) is 5.02 Å². The molecule has 3 rings (SSSR count). The van der Waals surface area contributed by atoms with Gasteiger partial charge in [0.25, 0.3) is 5.91 Å². The SMILES string of the molecule is CC1CCN(C(=O)COC(=O)c2cc(F)c(F)cc2Cl)c2ccccc2S1. The van der Waals surface area contributed by atoms with Crippen LogP contribution >= 0.6 is 23.4 Å². The summed E-state index contributed by atoms with van der Waals surface area (Å²) in [7, 11) is 0. The molecule has 1 heterocycles. The standard InChI is InChI=1S/C19H16ClF2NO3S/c1-11-6-7-23(16-4-2-3-5-17(16)27-11)18(24)10-26-19(25)12-8-14(21)15(22)9-13(12)20/h2-5,8-9,11H,6-7,10H2,1H3. The van der Waals surface area contributed by atoms with Gasteiger partial charge >= 0.3 is 5.97 Å². The Morgan fingerprint density at radius 2 is 1.96 bits per heavy atom. The lowest BCUT2D eigenvalue weighted by molar-refractivity contribution is -0.121. The van der Waals surface area contributed by atoms with E-state index in [2.05, 4.69) is 6.92 Å². The number of benzene rings is 2. The van der Waals surface area contributed by atoms with Gasteiger partial charge in [0, 0.05) is 16.7 Å². The van der Waals surface area contributed by atoms with Crippen LogP contribution in [0, 0.1) is 11.6 Å². The fourth-order valence-electron chi connectivity index (χ4n) is 2.71. The quantitative estimate of drug-likeness (QED) is 0.543. The number of anilines is 1. The highest BCUT2D eigenvalue weighted by molar-refractivity contribution is 8.00. The van der Waals surface area contributed by atoms with Gasteiger partial charge in [0.1, 0.15) is 0 Å². The Hall–Kier alpha value is -2.12. The zero-order valence-corrected chi connectivity index (χ0v) is 15.9. The third-order valence-electron chi connectivity index (χ3n) is 4.10. The van der Waals surface area contributed by atoms with Crippen molar-refractivity contribution < 1.29 is 23.1 Å². The molecule has 27 heavy (non-hydrogen) atoms. The maximum Gasteiger partial charge on any atom is 0.340 e. The Kier molecular flexibility index (Phi) is 6.01. The number of hydrogen-bond donors (Lipinski definition) is 0. The number of carbonyl (C=O) groups is 2. The largest absolute Gasteiger partial charge is 0.452 e. The smallest absolute Gasteiger partial charge is 0.340 e. The Balaban J connectivity index is 1.73. The highest BCUT2D eigenvalue weighted by Gasteiger charge is 2.25. The molecule has 0 bridgehead atoms. The number of amides is 1. The molecule has 1 amide bonds. The molecule has 1 aliphatic rings. The number of thioether (sulfide) groups is 1. The fraction of sp³-hybridized carbons (Fsp3) is 0.263. The van der Waals surface area contributed by atoms with E-state index in [1.807, 2.05) is 24.3 Å². The molecule has 0 aliphatic carbocycles. The van der Waals surface area contributed by atoms with E-state index in [9.17, 15) is 18.4 Å². The zero-order valence-electron chi connectivity index (χ0n) is 14.4. The molecule has 1 atom stereocenters. The number of carbonyl (C=O) groups excluding carboxylic acids is 2. The van der Waals surface area contributed by atoms with Crippen LogP contribution in [0.15, 0.2) is 41.3 Å². The zero-order chi connectivity index (χ0) is 19.6. The third-order valence-corrected chi connectivity index (χ3v) is 5.65. The lowest BCUT2D eigenvalue weighted by atomic mass is 10.2. The van der Waals surface area contributed by atoms with Gasteiger partial charge in [-0.2, -0.15) is 0 Å². The van der Waals surface area contributed by atoms with Crippen LogP contribution in [0.4, 0.5) is 14.5 Å².